The first-order valence-electron chi connectivity index (χ1n) is 8.64. The molecule has 1 aliphatic heterocycles. The number of methoxy groups -OCH3 is 1. The molecule has 0 amide bonds. The van der Waals surface area contributed by atoms with Crippen molar-refractivity contribution in [2.45, 2.75) is 31.4 Å². The lowest BCUT2D eigenvalue weighted by atomic mass is 9.99. The number of ether oxygens (including phenoxy) is 1. The third kappa shape index (κ3) is 5.16. The molecule has 2 rings (SSSR count). The maximum absolute atomic E-state index is 11.9. The van der Waals surface area contributed by atoms with Crippen molar-refractivity contribution in [1.29, 1.82) is 4.78 Å². The van der Waals surface area contributed by atoms with Gasteiger partial charge in [0.1, 0.15) is 5.75 Å². The van der Waals surface area contributed by atoms with Crippen LogP contribution in [0.25, 0.3) is 5.57 Å². The smallest absolute Gasteiger partial charge is 0.121 e. The number of benzene rings is 1. The Balaban J connectivity index is 1.99. The first-order chi connectivity index (χ1) is 11.9. The van der Waals surface area contributed by atoms with Gasteiger partial charge in [0.15, 0.2) is 0 Å². The lowest BCUT2D eigenvalue weighted by molar-refractivity contribution is 0.236. The average Bonchev–Trinajstić information content (AvgIpc) is 2.62. The number of likely N-dealkylation sites (tertiary alicyclic amines) is 1. The fourth-order valence-electron chi connectivity index (χ4n) is 3.34. The van der Waals surface area contributed by atoms with E-state index in [2.05, 4.69) is 22.7 Å². The third-order valence-electron chi connectivity index (χ3n) is 4.94. The van der Waals surface area contributed by atoms with Gasteiger partial charge < -0.3 is 9.64 Å². The number of rotatable bonds is 7. The summed E-state index contributed by atoms with van der Waals surface area (Å²) in [5, 5.41) is 0.0445. The van der Waals surface area contributed by atoms with Crippen LogP contribution in [0.5, 0.6) is 5.75 Å². The van der Waals surface area contributed by atoms with Crippen molar-refractivity contribution < 1.29 is 8.95 Å². The molecule has 5 nitrogen and oxygen atoms in total. The molecule has 1 saturated heterocycles. The fraction of sp³-hybridized carbons (Fsp3) is 0.526. The predicted octanol–water partition coefficient (Wildman–Crippen LogP) is 3.96. The number of aliphatic imine (C=N–C) groups is 1. The second kappa shape index (κ2) is 8.63. The lowest BCUT2D eigenvalue weighted by Gasteiger charge is -2.32. The molecule has 1 aromatic carbocycles. The molecule has 1 N–H and O–H groups in total. The van der Waals surface area contributed by atoms with Crippen LogP contribution in [0.3, 0.4) is 0 Å². The number of nitrogens with zero attached hydrogens (tertiary/aromatic N) is 2. The van der Waals surface area contributed by atoms with Crippen molar-refractivity contribution in [3.05, 3.63) is 29.8 Å². The Morgan fingerprint density at radius 2 is 2.16 bits per heavy atom. The van der Waals surface area contributed by atoms with E-state index in [0.717, 1.165) is 55.9 Å². The zero-order valence-electron chi connectivity index (χ0n) is 15.5. The van der Waals surface area contributed by atoms with Crippen molar-refractivity contribution >= 4 is 27.7 Å². The molecular formula is C19H29N3O2S. The van der Waals surface area contributed by atoms with Gasteiger partial charge in [0.2, 0.25) is 0 Å². The summed E-state index contributed by atoms with van der Waals surface area (Å²) in [7, 11) is -0.767. The van der Waals surface area contributed by atoms with E-state index >= 15 is 0 Å². The van der Waals surface area contributed by atoms with Gasteiger partial charge in [-0.3, -0.25) is 9.77 Å². The summed E-state index contributed by atoms with van der Waals surface area (Å²) < 4.78 is 24.9. The summed E-state index contributed by atoms with van der Waals surface area (Å²) in [5.41, 5.74) is 3.17. The number of hydrogen-bond donors (Lipinski definition) is 1. The maximum Gasteiger partial charge on any atom is 0.121 e. The molecule has 138 valence electrons. The Bertz CT molecular complexity index is 733. The minimum absolute atomic E-state index is 0.0445. The Labute approximate surface area is 151 Å². The predicted molar refractivity (Wildman–Crippen MR) is 107 cm³/mol. The summed E-state index contributed by atoms with van der Waals surface area (Å²) in [6, 6.07) is 5.89. The highest BCUT2D eigenvalue weighted by molar-refractivity contribution is 7.92. The van der Waals surface area contributed by atoms with Crippen molar-refractivity contribution in [2.75, 3.05) is 33.0 Å². The van der Waals surface area contributed by atoms with E-state index in [1.807, 2.05) is 25.1 Å². The highest BCUT2D eigenvalue weighted by Gasteiger charge is 2.24. The topological polar surface area (TPSA) is 65.8 Å². The second-order valence-corrected chi connectivity index (χ2v) is 9.02. The molecule has 25 heavy (non-hydrogen) atoms. The van der Waals surface area contributed by atoms with Gasteiger partial charge in [0.05, 0.1) is 12.8 Å². The zero-order valence-corrected chi connectivity index (χ0v) is 16.3. The summed E-state index contributed by atoms with van der Waals surface area (Å²) in [6.07, 6.45) is 6.33. The van der Waals surface area contributed by atoms with Crippen LogP contribution in [-0.4, -0.2) is 54.1 Å². The van der Waals surface area contributed by atoms with Gasteiger partial charge in [0.25, 0.3) is 0 Å². The Morgan fingerprint density at radius 3 is 2.68 bits per heavy atom. The fourth-order valence-corrected chi connectivity index (χ4v) is 4.45. The number of hydrogen-bond acceptors (Lipinski definition) is 5. The molecule has 1 aliphatic rings. The van der Waals surface area contributed by atoms with Gasteiger partial charge >= 0.3 is 0 Å². The first-order valence-corrected chi connectivity index (χ1v) is 10.7. The largest absolute Gasteiger partial charge is 0.497 e. The molecule has 0 aliphatic carbocycles. The maximum atomic E-state index is 11.9. The van der Waals surface area contributed by atoms with Crippen molar-refractivity contribution in [1.82, 2.24) is 4.90 Å². The van der Waals surface area contributed by atoms with Crippen molar-refractivity contribution in [2.24, 2.45) is 4.99 Å². The number of allylic oxidation sites excluding steroid dienone is 1. The zero-order chi connectivity index (χ0) is 18.4. The van der Waals surface area contributed by atoms with Crippen LogP contribution in [0.15, 0.2) is 29.3 Å². The van der Waals surface area contributed by atoms with Crippen molar-refractivity contribution in [3.63, 3.8) is 0 Å². The van der Waals surface area contributed by atoms with Gasteiger partial charge in [-0.15, -0.1) is 0 Å². The molecule has 1 atom stereocenters. The quantitative estimate of drug-likeness (QED) is 0.746. The second-order valence-electron chi connectivity index (χ2n) is 6.55. The van der Waals surface area contributed by atoms with Crippen LogP contribution >= 0.6 is 0 Å². The molecule has 1 unspecified atom stereocenters. The monoisotopic (exact) mass is 363 g/mol. The van der Waals surface area contributed by atoms with Crippen molar-refractivity contribution in [3.8, 4) is 5.75 Å². The standard InChI is InChI=1S/C19H29N3O2S/c1-5-15(18-7-6-16(24-3)14-19(18)21-2)8-11-22-12-9-17(10-13-22)25(4,20)23/h5-7,14,17,20H,2,8-13H2,1,3-4H3/b15-5-. The van der Waals surface area contributed by atoms with E-state index in [-0.39, 0.29) is 5.25 Å². The van der Waals surface area contributed by atoms with Gasteiger partial charge in [-0.1, -0.05) is 6.08 Å². The Hall–Kier alpha value is -1.66. The molecule has 1 fully saturated rings. The van der Waals surface area contributed by atoms with Crippen LogP contribution in [0.2, 0.25) is 0 Å². The minimum atomic E-state index is -2.41. The molecule has 6 heteroatoms. The first kappa shape index (κ1) is 19.7. The molecule has 0 bridgehead atoms. The molecule has 1 heterocycles. The van der Waals surface area contributed by atoms with Crippen LogP contribution in [-0.2, 0) is 9.73 Å². The summed E-state index contributed by atoms with van der Waals surface area (Å²) >= 11 is 0. The summed E-state index contributed by atoms with van der Waals surface area (Å²) in [6.45, 7) is 8.51. The van der Waals surface area contributed by atoms with E-state index in [4.69, 9.17) is 9.52 Å². The molecule has 1 aromatic rings. The highest BCUT2D eigenvalue weighted by Crippen LogP contribution is 2.32. The third-order valence-corrected chi connectivity index (χ3v) is 6.68. The van der Waals surface area contributed by atoms with Gasteiger partial charge in [-0.2, -0.15) is 0 Å². The molecule has 0 radical (unpaired) electrons. The van der Waals surface area contributed by atoms with E-state index in [0.29, 0.717) is 0 Å². The molecule has 0 aromatic heterocycles. The summed E-state index contributed by atoms with van der Waals surface area (Å²) in [5.74, 6) is 0.780. The number of piperidine rings is 1. The molecular weight excluding hydrogens is 334 g/mol. The molecule has 0 spiro atoms. The minimum Gasteiger partial charge on any atom is -0.497 e. The van der Waals surface area contributed by atoms with Gasteiger partial charge in [-0.05, 0) is 63.7 Å². The van der Waals surface area contributed by atoms with E-state index in [1.54, 1.807) is 13.4 Å². The van der Waals surface area contributed by atoms with E-state index in [1.165, 1.54) is 5.57 Å². The Morgan fingerprint density at radius 1 is 1.48 bits per heavy atom. The van der Waals surface area contributed by atoms with E-state index in [9.17, 15) is 4.21 Å². The number of nitrogens with one attached hydrogen (secondary N) is 1. The molecule has 0 saturated carbocycles. The summed E-state index contributed by atoms with van der Waals surface area (Å²) in [4.78, 5) is 6.54. The van der Waals surface area contributed by atoms with Crippen LogP contribution in [0.1, 0.15) is 31.7 Å². The highest BCUT2D eigenvalue weighted by atomic mass is 32.2. The van der Waals surface area contributed by atoms with E-state index < -0.39 is 9.73 Å². The van der Waals surface area contributed by atoms with Crippen LogP contribution in [0.4, 0.5) is 5.69 Å². The lowest BCUT2D eigenvalue weighted by Crippen LogP contribution is -2.39. The average molecular weight is 364 g/mol. The SMILES string of the molecule is C=Nc1cc(OC)ccc1/C(=C\C)CCN1CCC(S(C)(=N)=O)CC1. The van der Waals surface area contributed by atoms with Crippen LogP contribution in [0, 0.1) is 4.78 Å². The van der Waals surface area contributed by atoms with Gasteiger partial charge in [-0.25, -0.2) is 4.21 Å². The normalized spacial score (nSPS) is 19.4. The Kier molecular flexibility index (Phi) is 6.79. The van der Waals surface area contributed by atoms with Crippen LogP contribution < -0.4 is 4.74 Å². The van der Waals surface area contributed by atoms with Gasteiger partial charge in [0, 0.05) is 39.4 Å².